The predicted molar refractivity (Wildman–Crippen MR) is 96.3 cm³/mol. The largest absolute Gasteiger partial charge is 0.296 e. The van der Waals surface area contributed by atoms with Gasteiger partial charge < -0.3 is 0 Å². The lowest BCUT2D eigenvalue weighted by molar-refractivity contribution is 0.102. The van der Waals surface area contributed by atoms with E-state index in [1.165, 1.54) is 42.1 Å². The van der Waals surface area contributed by atoms with Gasteiger partial charge >= 0.3 is 0 Å². The third-order valence-electron chi connectivity index (χ3n) is 4.16. The number of benzene rings is 1. The number of anilines is 1. The van der Waals surface area contributed by atoms with E-state index in [9.17, 15) is 13.6 Å². The molecule has 27 heavy (non-hydrogen) atoms. The molecule has 0 fully saturated rings. The smallest absolute Gasteiger partial charge is 0.277 e. The molecule has 1 amide bonds. The van der Waals surface area contributed by atoms with Gasteiger partial charge in [-0.05, 0) is 17.7 Å². The summed E-state index contributed by atoms with van der Waals surface area (Å²) in [4.78, 5) is 27.6. The molecule has 0 bridgehead atoms. The first-order valence-corrected chi connectivity index (χ1v) is 9.12. The van der Waals surface area contributed by atoms with E-state index in [-0.39, 0.29) is 11.6 Å². The van der Waals surface area contributed by atoms with Crippen LogP contribution in [0, 0.1) is 11.6 Å². The zero-order valence-corrected chi connectivity index (χ0v) is 15.0. The highest BCUT2D eigenvalue weighted by molar-refractivity contribution is 7.15. The molecule has 0 atom stereocenters. The lowest BCUT2D eigenvalue weighted by Crippen LogP contribution is -2.29. The van der Waals surface area contributed by atoms with Crippen molar-refractivity contribution in [3.05, 3.63) is 70.3 Å². The lowest BCUT2D eigenvalue weighted by Gasteiger charge is -2.25. The molecule has 1 N–H and O–H groups in total. The highest BCUT2D eigenvalue weighted by Crippen LogP contribution is 2.29. The summed E-state index contributed by atoms with van der Waals surface area (Å²) in [5, 5.41) is 3.25. The van der Waals surface area contributed by atoms with Crippen LogP contribution in [0.25, 0.3) is 0 Å². The van der Waals surface area contributed by atoms with Crippen LogP contribution in [-0.2, 0) is 19.5 Å². The Hall–Kier alpha value is -2.78. The van der Waals surface area contributed by atoms with Crippen molar-refractivity contribution in [1.29, 1.82) is 0 Å². The van der Waals surface area contributed by atoms with Crippen molar-refractivity contribution in [2.24, 2.45) is 0 Å². The number of halogens is 2. The van der Waals surface area contributed by atoms with Gasteiger partial charge in [0.15, 0.2) is 5.13 Å². The monoisotopic (exact) mass is 387 g/mol. The van der Waals surface area contributed by atoms with Gasteiger partial charge in [0.25, 0.3) is 5.91 Å². The molecule has 1 aliphatic heterocycles. The number of hydrogen-bond donors (Lipinski definition) is 1. The van der Waals surface area contributed by atoms with E-state index >= 15 is 0 Å². The number of nitrogens with one attached hydrogen (secondary N) is 1. The Morgan fingerprint density at radius 3 is 2.78 bits per heavy atom. The van der Waals surface area contributed by atoms with Crippen LogP contribution in [-0.4, -0.2) is 32.3 Å². The minimum atomic E-state index is -0.575. The molecule has 6 nitrogen and oxygen atoms in total. The Kier molecular flexibility index (Phi) is 4.87. The van der Waals surface area contributed by atoms with E-state index in [1.54, 1.807) is 0 Å². The van der Waals surface area contributed by atoms with Gasteiger partial charge in [-0.3, -0.25) is 20.0 Å². The van der Waals surface area contributed by atoms with E-state index in [0.717, 1.165) is 23.2 Å². The topological polar surface area (TPSA) is 71.0 Å². The van der Waals surface area contributed by atoms with Gasteiger partial charge in [0.2, 0.25) is 0 Å². The Labute approximate surface area is 157 Å². The van der Waals surface area contributed by atoms with Crippen LogP contribution in [0.2, 0.25) is 0 Å². The maximum atomic E-state index is 13.4. The van der Waals surface area contributed by atoms with Crippen molar-refractivity contribution in [3.8, 4) is 0 Å². The molecular formula is C18H15F2N5OS. The third kappa shape index (κ3) is 4.15. The fourth-order valence-electron chi connectivity index (χ4n) is 2.97. The molecule has 0 aliphatic carbocycles. The number of fused-ring (bicyclic) bond motifs is 1. The molecular weight excluding hydrogens is 372 g/mol. The van der Waals surface area contributed by atoms with Gasteiger partial charge in [0.05, 0.1) is 11.9 Å². The van der Waals surface area contributed by atoms with Crippen molar-refractivity contribution in [2.45, 2.75) is 19.5 Å². The number of thiazole rings is 1. The second kappa shape index (κ2) is 7.45. The van der Waals surface area contributed by atoms with Gasteiger partial charge in [-0.25, -0.2) is 18.7 Å². The van der Waals surface area contributed by atoms with Crippen molar-refractivity contribution in [3.63, 3.8) is 0 Å². The molecule has 0 spiro atoms. The van der Waals surface area contributed by atoms with Crippen molar-refractivity contribution in [1.82, 2.24) is 19.9 Å². The first-order valence-electron chi connectivity index (χ1n) is 8.30. The SMILES string of the molecule is O=C(Nc1nc2c(s1)CN(Cc1cc(F)cc(F)c1)CC2)c1cnccn1. The number of nitrogens with zero attached hydrogens (tertiary/aromatic N) is 4. The van der Waals surface area contributed by atoms with Crippen LogP contribution in [0.4, 0.5) is 13.9 Å². The normalized spacial score (nSPS) is 14.0. The fraction of sp³-hybridized carbons (Fsp3) is 0.222. The summed E-state index contributed by atoms with van der Waals surface area (Å²) in [5.41, 5.74) is 1.76. The van der Waals surface area contributed by atoms with E-state index in [0.29, 0.717) is 30.2 Å². The molecule has 1 aliphatic rings. The van der Waals surface area contributed by atoms with Crippen molar-refractivity contribution in [2.75, 3.05) is 11.9 Å². The van der Waals surface area contributed by atoms with Crippen LogP contribution in [0.15, 0.2) is 36.8 Å². The van der Waals surface area contributed by atoms with Gasteiger partial charge in [-0.15, -0.1) is 11.3 Å². The summed E-state index contributed by atoms with van der Waals surface area (Å²) in [7, 11) is 0. The zero-order chi connectivity index (χ0) is 18.8. The molecule has 138 valence electrons. The molecule has 0 saturated heterocycles. The minimum Gasteiger partial charge on any atom is -0.296 e. The van der Waals surface area contributed by atoms with Gasteiger partial charge in [0, 0.05) is 49.4 Å². The number of carbonyl (C=O) groups excluding carboxylic acids is 1. The van der Waals surface area contributed by atoms with Crippen LogP contribution in [0.3, 0.4) is 0 Å². The number of hydrogen-bond acceptors (Lipinski definition) is 6. The molecule has 0 saturated carbocycles. The molecule has 0 unspecified atom stereocenters. The number of aromatic nitrogens is 3. The van der Waals surface area contributed by atoms with E-state index in [4.69, 9.17) is 0 Å². The second-order valence-electron chi connectivity index (χ2n) is 6.17. The van der Waals surface area contributed by atoms with Gasteiger partial charge in [-0.2, -0.15) is 0 Å². The van der Waals surface area contributed by atoms with Crippen molar-refractivity contribution >= 4 is 22.4 Å². The maximum absolute atomic E-state index is 13.4. The minimum absolute atomic E-state index is 0.223. The quantitative estimate of drug-likeness (QED) is 0.745. The molecule has 0 radical (unpaired) electrons. The Bertz CT molecular complexity index is 959. The van der Waals surface area contributed by atoms with Crippen LogP contribution in [0.1, 0.15) is 26.6 Å². The highest BCUT2D eigenvalue weighted by Gasteiger charge is 2.22. The first-order chi connectivity index (χ1) is 13.1. The van der Waals surface area contributed by atoms with Crippen LogP contribution >= 0.6 is 11.3 Å². The molecule has 3 aromatic rings. The summed E-state index contributed by atoms with van der Waals surface area (Å²) >= 11 is 1.40. The molecule has 3 heterocycles. The summed E-state index contributed by atoms with van der Waals surface area (Å²) in [6.07, 6.45) is 5.06. The summed E-state index contributed by atoms with van der Waals surface area (Å²) in [5.74, 6) is -1.51. The van der Waals surface area contributed by atoms with Crippen molar-refractivity contribution < 1.29 is 13.6 Å². The summed E-state index contributed by atoms with van der Waals surface area (Å²) in [6, 6.07) is 3.56. The van der Waals surface area contributed by atoms with Crippen LogP contribution in [0.5, 0.6) is 0 Å². The average molecular weight is 387 g/mol. The number of carbonyl (C=O) groups is 1. The second-order valence-corrected chi connectivity index (χ2v) is 7.26. The number of rotatable bonds is 4. The van der Waals surface area contributed by atoms with Gasteiger partial charge in [-0.1, -0.05) is 0 Å². The molecule has 4 rings (SSSR count). The first kappa shape index (κ1) is 17.6. The van der Waals surface area contributed by atoms with E-state index in [2.05, 4.69) is 25.2 Å². The fourth-order valence-corrected chi connectivity index (χ4v) is 4.02. The molecule has 9 heteroatoms. The molecule has 1 aromatic carbocycles. The van der Waals surface area contributed by atoms with E-state index in [1.807, 2.05) is 0 Å². The average Bonchev–Trinajstić information content (AvgIpc) is 3.03. The van der Waals surface area contributed by atoms with Gasteiger partial charge in [0.1, 0.15) is 17.3 Å². The standard InChI is InChI=1S/C18H15F2N5OS/c19-12-5-11(6-13(20)7-12)9-25-4-1-14-16(10-25)27-18(23-14)24-17(26)15-8-21-2-3-22-15/h2-3,5-8H,1,4,9-10H2,(H,23,24,26). The molecule has 2 aromatic heterocycles. The summed E-state index contributed by atoms with van der Waals surface area (Å²) in [6.45, 7) is 1.80. The maximum Gasteiger partial charge on any atom is 0.277 e. The highest BCUT2D eigenvalue weighted by atomic mass is 32.1. The number of amides is 1. The Morgan fingerprint density at radius 1 is 1.22 bits per heavy atom. The Morgan fingerprint density at radius 2 is 2.04 bits per heavy atom. The Balaban J connectivity index is 1.43. The lowest BCUT2D eigenvalue weighted by atomic mass is 10.1. The van der Waals surface area contributed by atoms with Crippen LogP contribution < -0.4 is 5.32 Å². The zero-order valence-electron chi connectivity index (χ0n) is 14.2. The predicted octanol–water partition coefficient (Wildman–Crippen LogP) is 3.02. The van der Waals surface area contributed by atoms with E-state index < -0.39 is 11.6 Å². The summed E-state index contributed by atoms with van der Waals surface area (Å²) < 4.78 is 26.7. The third-order valence-corrected chi connectivity index (χ3v) is 5.15.